The normalized spacial score (nSPS) is 17.9. The maximum Gasteiger partial charge on any atom is 0.254 e. The van der Waals surface area contributed by atoms with Gasteiger partial charge in [0.15, 0.2) is 0 Å². The van der Waals surface area contributed by atoms with Crippen molar-refractivity contribution >= 4 is 28.8 Å². The minimum absolute atomic E-state index is 0.0433. The lowest BCUT2D eigenvalue weighted by atomic mass is 9.81. The lowest BCUT2D eigenvalue weighted by Gasteiger charge is -2.42. The first-order valence-electron chi connectivity index (χ1n) is 10.2. The predicted molar refractivity (Wildman–Crippen MR) is 122 cm³/mol. The van der Waals surface area contributed by atoms with E-state index >= 15 is 0 Å². The fourth-order valence-electron chi connectivity index (χ4n) is 4.13. The van der Waals surface area contributed by atoms with E-state index in [1.807, 2.05) is 40.6 Å². The van der Waals surface area contributed by atoms with Crippen molar-refractivity contribution in [3.05, 3.63) is 87.6 Å². The van der Waals surface area contributed by atoms with Crippen LogP contribution in [0.5, 0.6) is 0 Å². The van der Waals surface area contributed by atoms with E-state index in [2.05, 4.69) is 25.2 Å². The predicted octanol–water partition coefficient (Wildman–Crippen LogP) is 5.20. The molecule has 3 aromatic rings. The molecule has 5 nitrogen and oxygen atoms in total. The van der Waals surface area contributed by atoms with Gasteiger partial charge in [0, 0.05) is 22.7 Å². The Balaban J connectivity index is 1.81. The van der Waals surface area contributed by atoms with Crippen molar-refractivity contribution in [1.29, 1.82) is 5.26 Å². The minimum Gasteiger partial charge on any atom is -0.329 e. The molecule has 0 aliphatic carbocycles. The summed E-state index contributed by atoms with van der Waals surface area (Å²) >= 11 is 1.55. The highest BCUT2D eigenvalue weighted by Gasteiger charge is 2.44. The van der Waals surface area contributed by atoms with E-state index in [0.29, 0.717) is 23.4 Å². The van der Waals surface area contributed by atoms with Crippen molar-refractivity contribution in [3.63, 3.8) is 0 Å². The second-order valence-electron chi connectivity index (χ2n) is 8.06. The molecule has 0 unspecified atom stereocenters. The van der Waals surface area contributed by atoms with Crippen LogP contribution in [0.3, 0.4) is 0 Å². The average Bonchev–Trinajstić information content (AvgIpc) is 3.29. The number of hydrogen-bond acceptors (Lipinski definition) is 4. The second kappa shape index (κ2) is 8.75. The summed E-state index contributed by atoms with van der Waals surface area (Å²) in [4.78, 5) is 29.9. The van der Waals surface area contributed by atoms with Crippen LogP contribution in [0.25, 0.3) is 0 Å². The molecular weight excluding hydrogens is 406 g/mol. The third kappa shape index (κ3) is 4.10. The molecule has 0 spiro atoms. The Morgan fingerprint density at radius 3 is 2.68 bits per heavy atom. The van der Waals surface area contributed by atoms with Gasteiger partial charge in [-0.1, -0.05) is 44.2 Å². The van der Waals surface area contributed by atoms with Crippen LogP contribution in [-0.4, -0.2) is 23.3 Å². The average molecular weight is 430 g/mol. The molecule has 1 aliphatic heterocycles. The van der Waals surface area contributed by atoms with Crippen LogP contribution in [0.15, 0.2) is 66.0 Å². The van der Waals surface area contributed by atoms with E-state index in [-0.39, 0.29) is 23.8 Å². The topological polar surface area (TPSA) is 73.2 Å². The summed E-state index contributed by atoms with van der Waals surface area (Å²) < 4.78 is 0. The maximum absolute atomic E-state index is 13.6. The first-order valence-corrected chi connectivity index (χ1v) is 11.1. The van der Waals surface area contributed by atoms with Crippen molar-refractivity contribution in [2.75, 3.05) is 11.9 Å². The highest BCUT2D eigenvalue weighted by molar-refractivity contribution is 7.10. The number of fused-ring (bicyclic) bond motifs is 1. The van der Waals surface area contributed by atoms with E-state index in [0.717, 1.165) is 10.4 Å². The number of amides is 2. The summed E-state index contributed by atoms with van der Waals surface area (Å²) in [5.74, 6) is -0.537. The van der Waals surface area contributed by atoms with Gasteiger partial charge in [-0.15, -0.1) is 11.3 Å². The lowest BCUT2D eigenvalue weighted by Crippen LogP contribution is -2.47. The van der Waals surface area contributed by atoms with Gasteiger partial charge in [0.25, 0.3) is 5.91 Å². The number of rotatable bonds is 5. The molecule has 4 rings (SSSR count). The summed E-state index contributed by atoms with van der Waals surface area (Å²) in [6.07, 6.45) is 0. The van der Waals surface area contributed by atoms with Crippen molar-refractivity contribution in [2.24, 2.45) is 5.92 Å². The SMILES string of the molecule is CC(C)CN1C(=O)c2ccccc2[C@@H](C(=O)Nc2cccc(C#N)c2)[C@H]1c1cccs1. The van der Waals surface area contributed by atoms with Crippen LogP contribution >= 0.6 is 11.3 Å². The summed E-state index contributed by atoms with van der Waals surface area (Å²) in [6, 6.07) is 19.9. The summed E-state index contributed by atoms with van der Waals surface area (Å²) in [5, 5.41) is 14.1. The van der Waals surface area contributed by atoms with Crippen molar-refractivity contribution in [2.45, 2.75) is 25.8 Å². The van der Waals surface area contributed by atoms with Crippen LogP contribution in [0.2, 0.25) is 0 Å². The number of nitrogens with one attached hydrogen (secondary N) is 1. The largest absolute Gasteiger partial charge is 0.329 e. The molecule has 1 aliphatic rings. The van der Waals surface area contributed by atoms with Crippen LogP contribution in [-0.2, 0) is 4.79 Å². The molecule has 0 saturated carbocycles. The molecule has 0 saturated heterocycles. The number of benzene rings is 2. The molecule has 6 heteroatoms. The van der Waals surface area contributed by atoms with Crippen LogP contribution in [0.4, 0.5) is 5.69 Å². The molecule has 0 bridgehead atoms. The Kier molecular flexibility index (Phi) is 5.88. The van der Waals surface area contributed by atoms with E-state index < -0.39 is 5.92 Å². The molecule has 1 N–H and O–H groups in total. The zero-order valence-corrected chi connectivity index (χ0v) is 18.2. The number of nitriles is 1. The van der Waals surface area contributed by atoms with E-state index in [1.165, 1.54) is 0 Å². The lowest BCUT2D eigenvalue weighted by molar-refractivity contribution is -0.119. The number of thiophene rings is 1. The first-order chi connectivity index (χ1) is 15.0. The zero-order valence-electron chi connectivity index (χ0n) is 17.4. The fourth-order valence-corrected chi connectivity index (χ4v) is 5.01. The molecule has 2 amide bonds. The third-order valence-electron chi connectivity index (χ3n) is 5.38. The van der Waals surface area contributed by atoms with Crippen molar-refractivity contribution < 1.29 is 9.59 Å². The molecule has 31 heavy (non-hydrogen) atoms. The summed E-state index contributed by atoms with van der Waals surface area (Å²) in [5.41, 5.74) is 2.36. The number of carbonyl (C=O) groups excluding carboxylic acids is 2. The first kappa shape index (κ1) is 20.8. The van der Waals surface area contributed by atoms with Crippen LogP contribution in [0, 0.1) is 17.2 Å². The second-order valence-corrected chi connectivity index (χ2v) is 9.04. The van der Waals surface area contributed by atoms with Gasteiger partial charge in [-0.05, 0) is 47.2 Å². The van der Waals surface area contributed by atoms with Gasteiger partial charge >= 0.3 is 0 Å². The smallest absolute Gasteiger partial charge is 0.254 e. The number of hydrogen-bond donors (Lipinski definition) is 1. The molecule has 1 aromatic heterocycles. The number of carbonyl (C=O) groups is 2. The van der Waals surface area contributed by atoms with Gasteiger partial charge in [0.2, 0.25) is 5.91 Å². The van der Waals surface area contributed by atoms with Gasteiger partial charge in [0.1, 0.15) is 0 Å². The maximum atomic E-state index is 13.6. The molecule has 0 radical (unpaired) electrons. The van der Waals surface area contributed by atoms with E-state index in [1.54, 1.807) is 41.7 Å². The Labute approximate surface area is 185 Å². The Morgan fingerprint density at radius 1 is 1.16 bits per heavy atom. The summed E-state index contributed by atoms with van der Waals surface area (Å²) in [6.45, 7) is 4.70. The quantitative estimate of drug-likeness (QED) is 0.606. The standard InChI is InChI=1S/C25H23N3O2S/c1-16(2)15-28-23(21-11-6-12-31-21)22(19-9-3-4-10-20(19)25(28)30)24(29)27-18-8-5-7-17(13-18)14-26/h3-13,16,22-23H,15H2,1-2H3,(H,27,29)/t22-,23-/m1/s1. The van der Waals surface area contributed by atoms with Crippen molar-refractivity contribution in [1.82, 2.24) is 4.90 Å². The molecule has 2 aromatic carbocycles. The molecule has 2 atom stereocenters. The fraction of sp³-hybridized carbons (Fsp3) is 0.240. The van der Waals surface area contributed by atoms with Crippen LogP contribution < -0.4 is 5.32 Å². The van der Waals surface area contributed by atoms with E-state index in [9.17, 15) is 14.9 Å². The summed E-state index contributed by atoms with van der Waals surface area (Å²) in [7, 11) is 0. The molecule has 2 heterocycles. The monoisotopic (exact) mass is 429 g/mol. The molecule has 0 fully saturated rings. The van der Waals surface area contributed by atoms with Crippen molar-refractivity contribution in [3.8, 4) is 6.07 Å². The van der Waals surface area contributed by atoms with Crippen LogP contribution in [0.1, 0.15) is 52.2 Å². The highest BCUT2D eigenvalue weighted by Crippen LogP contribution is 2.44. The Morgan fingerprint density at radius 2 is 1.97 bits per heavy atom. The van der Waals surface area contributed by atoms with Gasteiger partial charge in [-0.2, -0.15) is 5.26 Å². The van der Waals surface area contributed by atoms with Gasteiger partial charge in [-0.25, -0.2) is 0 Å². The van der Waals surface area contributed by atoms with Gasteiger partial charge < -0.3 is 10.2 Å². The Hall–Kier alpha value is -3.43. The Bertz CT molecular complexity index is 1150. The number of nitrogens with zero attached hydrogens (tertiary/aromatic N) is 2. The zero-order chi connectivity index (χ0) is 22.0. The number of anilines is 1. The molecule has 156 valence electrons. The van der Waals surface area contributed by atoms with E-state index in [4.69, 9.17) is 0 Å². The van der Waals surface area contributed by atoms with Gasteiger partial charge in [0.05, 0.1) is 23.6 Å². The molecular formula is C25H23N3O2S. The van der Waals surface area contributed by atoms with Gasteiger partial charge in [-0.3, -0.25) is 9.59 Å². The highest BCUT2D eigenvalue weighted by atomic mass is 32.1. The minimum atomic E-state index is -0.558. The third-order valence-corrected chi connectivity index (χ3v) is 6.32.